The van der Waals surface area contributed by atoms with Crippen LogP contribution in [0.3, 0.4) is 0 Å². The Kier molecular flexibility index (Phi) is 5.13. The number of halogens is 1. The molecule has 4 nitrogen and oxygen atoms in total. The second-order valence-corrected chi connectivity index (χ2v) is 6.27. The number of nitrogens with one attached hydrogen (secondary N) is 2. The maximum atomic E-state index is 6.02. The smallest absolute Gasteiger partial charge is 0.176 e. The number of nitrogens with zero attached hydrogens (tertiary/aromatic N) is 2. The Morgan fingerprint density at radius 3 is 2.71 bits per heavy atom. The minimum absolute atomic E-state index is 0.477. The van der Waals surface area contributed by atoms with Crippen LogP contribution in [-0.2, 0) is 6.54 Å². The lowest BCUT2D eigenvalue weighted by Crippen LogP contribution is -2.20. The van der Waals surface area contributed by atoms with Crippen LogP contribution in [0.15, 0.2) is 60.8 Å². The number of aryl methyl sites for hydroxylation is 1. The van der Waals surface area contributed by atoms with Gasteiger partial charge in [0.05, 0.1) is 6.54 Å². The highest BCUT2D eigenvalue weighted by Crippen LogP contribution is 2.20. The largest absolute Gasteiger partial charge is 0.332 e. The van der Waals surface area contributed by atoms with Crippen LogP contribution in [0.25, 0.3) is 0 Å². The number of thiocarbonyl (C=S) groups is 1. The van der Waals surface area contributed by atoms with E-state index in [0.717, 1.165) is 17.8 Å². The first kappa shape index (κ1) is 16.5. The van der Waals surface area contributed by atoms with Gasteiger partial charge in [-0.25, -0.2) is 0 Å². The number of benzene rings is 2. The molecule has 0 saturated heterocycles. The van der Waals surface area contributed by atoms with E-state index in [4.69, 9.17) is 23.8 Å². The summed E-state index contributed by atoms with van der Waals surface area (Å²) in [5.74, 6) is 0.697. The monoisotopic (exact) mass is 356 g/mol. The van der Waals surface area contributed by atoms with E-state index in [0.29, 0.717) is 16.0 Å². The molecule has 1 heterocycles. The van der Waals surface area contributed by atoms with Crippen LogP contribution in [-0.4, -0.2) is 14.9 Å². The Morgan fingerprint density at radius 1 is 1.12 bits per heavy atom. The third-order valence-corrected chi connectivity index (χ3v) is 3.96. The average molecular weight is 357 g/mol. The number of hydrogen-bond donors (Lipinski definition) is 2. The summed E-state index contributed by atoms with van der Waals surface area (Å²) in [5.41, 5.74) is 3.14. The zero-order valence-electron chi connectivity index (χ0n) is 13.2. The van der Waals surface area contributed by atoms with Crippen LogP contribution < -0.4 is 10.6 Å². The maximum absolute atomic E-state index is 6.02. The first-order valence-electron chi connectivity index (χ1n) is 7.52. The molecule has 0 aliphatic rings. The predicted molar refractivity (Wildman–Crippen MR) is 104 cm³/mol. The van der Waals surface area contributed by atoms with E-state index in [1.807, 2.05) is 60.3 Å². The SMILES string of the molecule is Cc1ccc(Cl)cc1NC(=S)Nc1ccn(Cc2ccccc2)n1. The van der Waals surface area contributed by atoms with Crippen LogP contribution in [0.2, 0.25) is 5.02 Å². The van der Waals surface area contributed by atoms with Crippen molar-refractivity contribution in [3.05, 3.63) is 76.9 Å². The zero-order chi connectivity index (χ0) is 16.9. The van der Waals surface area contributed by atoms with E-state index in [-0.39, 0.29) is 0 Å². The first-order valence-corrected chi connectivity index (χ1v) is 8.30. The highest BCUT2D eigenvalue weighted by atomic mass is 35.5. The zero-order valence-corrected chi connectivity index (χ0v) is 14.7. The molecule has 122 valence electrons. The Labute approximate surface area is 151 Å². The molecule has 2 N–H and O–H groups in total. The third kappa shape index (κ3) is 4.34. The molecule has 0 aliphatic heterocycles. The van der Waals surface area contributed by atoms with Gasteiger partial charge in [0.15, 0.2) is 10.9 Å². The maximum Gasteiger partial charge on any atom is 0.176 e. The molecule has 1 aromatic heterocycles. The molecule has 0 radical (unpaired) electrons. The number of rotatable bonds is 4. The lowest BCUT2D eigenvalue weighted by atomic mass is 10.2. The van der Waals surface area contributed by atoms with Gasteiger partial charge in [0.1, 0.15) is 0 Å². The number of anilines is 2. The quantitative estimate of drug-likeness (QED) is 0.665. The van der Waals surface area contributed by atoms with Gasteiger partial charge >= 0.3 is 0 Å². The minimum Gasteiger partial charge on any atom is -0.332 e. The lowest BCUT2D eigenvalue weighted by molar-refractivity contribution is 0.690. The molecule has 6 heteroatoms. The fraction of sp³-hybridized carbons (Fsp3) is 0.111. The fourth-order valence-corrected chi connectivity index (χ4v) is 2.67. The molecule has 0 amide bonds. The Bertz CT molecular complexity index is 845. The minimum atomic E-state index is 0.477. The summed E-state index contributed by atoms with van der Waals surface area (Å²) in [6.45, 7) is 2.71. The molecule has 2 aromatic carbocycles. The predicted octanol–water partition coefficient (Wildman–Crippen LogP) is 4.70. The van der Waals surface area contributed by atoms with E-state index in [1.54, 1.807) is 0 Å². The van der Waals surface area contributed by atoms with Crippen molar-refractivity contribution in [1.29, 1.82) is 0 Å². The second kappa shape index (κ2) is 7.47. The summed E-state index contributed by atoms with van der Waals surface area (Å²) in [6.07, 6.45) is 1.92. The van der Waals surface area contributed by atoms with Crippen molar-refractivity contribution in [2.24, 2.45) is 0 Å². The molecule has 0 atom stereocenters. The topological polar surface area (TPSA) is 41.9 Å². The van der Waals surface area contributed by atoms with Crippen molar-refractivity contribution >= 4 is 40.4 Å². The molecule has 0 spiro atoms. The average Bonchev–Trinajstić information content (AvgIpc) is 2.98. The number of hydrogen-bond acceptors (Lipinski definition) is 2. The Hall–Kier alpha value is -2.37. The van der Waals surface area contributed by atoms with E-state index in [9.17, 15) is 0 Å². The molecular weight excluding hydrogens is 340 g/mol. The summed E-state index contributed by atoms with van der Waals surface area (Å²) in [5, 5.41) is 11.9. The fourth-order valence-electron chi connectivity index (χ4n) is 2.29. The van der Waals surface area contributed by atoms with Gasteiger partial charge in [-0.05, 0) is 42.4 Å². The van der Waals surface area contributed by atoms with Crippen LogP contribution in [0, 0.1) is 6.92 Å². The summed E-state index contributed by atoms with van der Waals surface area (Å²) in [7, 11) is 0. The Balaban J connectivity index is 1.62. The van der Waals surface area contributed by atoms with Crippen molar-refractivity contribution in [1.82, 2.24) is 9.78 Å². The van der Waals surface area contributed by atoms with Gasteiger partial charge in [-0.15, -0.1) is 0 Å². The summed E-state index contributed by atoms with van der Waals surface area (Å²) >= 11 is 11.4. The lowest BCUT2D eigenvalue weighted by Gasteiger charge is -2.11. The number of aromatic nitrogens is 2. The van der Waals surface area contributed by atoms with Crippen LogP contribution in [0.1, 0.15) is 11.1 Å². The summed E-state index contributed by atoms with van der Waals surface area (Å²) in [4.78, 5) is 0. The standard InChI is InChI=1S/C18H17ClN4S/c1-13-7-8-15(19)11-16(13)20-18(24)21-17-9-10-23(22-17)12-14-5-3-2-4-6-14/h2-11H,12H2,1H3,(H2,20,21,22,24). The van der Waals surface area contributed by atoms with Crippen LogP contribution >= 0.6 is 23.8 Å². The normalized spacial score (nSPS) is 10.4. The summed E-state index contributed by atoms with van der Waals surface area (Å²) in [6, 6.07) is 17.7. The van der Waals surface area contributed by atoms with Crippen molar-refractivity contribution in [2.45, 2.75) is 13.5 Å². The molecule has 3 rings (SSSR count). The molecular formula is C18H17ClN4S. The van der Waals surface area contributed by atoms with E-state index >= 15 is 0 Å². The van der Waals surface area contributed by atoms with Crippen molar-refractivity contribution in [2.75, 3.05) is 10.6 Å². The van der Waals surface area contributed by atoms with E-state index in [1.165, 1.54) is 5.56 Å². The Morgan fingerprint density at radius 2 is 1.92 bits per heavy atom. The molecule has 24 heavy (non-hydrogen) atoms. The third-order valence-electron chi connectivity index (χ3n) is 3.52. The van der Waals surface area contributed by atoms with E-state index < -0.39 is 0 Å². The molecule has 0 aliphatic carbocycles. The molecule has 0 bridgehead atoms. The van der Waals surface area contributed by atoms with Gasteiger partial charge in [0.2, 0.25) is 0 Å². The molecule has 0 unspecified atom stereocenters. The van der Waals surface area contributed by atoms with Gasteiger partial charge < -0.3 is 10.6 Å². The summed E-state index contributed by atoms with van der Waals surface area (Å²) < 4.78 is 1.87. The highest BCUT2D eigenvalue weighted by molar-refractivity contribution is 7.80. The van der Waals surface area contributed by atoms with Crippen LogP contribution in [0.4, 0.5) is 11.5 Å². The van der Waals surface area contributed by atoms with Gasteiger partial charge in [0, 0.05) is 23.0 Å². The highest BCUT2D eigenvalue weighted by Gasteiger charge is 2.05. The second-order valence-electron chi connectivity index (χ2n) is 5.42. The molecule has 0 fully saturated rings. The van der Waals surface area contributed by atoms with Crippen molar-refractivity contribution in [3.8, 4) is 0 Å². The molecule has 0 saturated carbocycles. The van der Waals surface area contributed by atoms with E-state index in [2.05, 4.69) is 27.9 Å². The van der Waals surface area contributed by atoms with Gasteiger partial charge in [0.25, 0.3) is 0 Å². The van der Waals surface area contributed by atoms with Gasteiger partial charge in [-0.1, -0.05) is 48.0 Å². The first-order chi connectivity index (χ1) is 11.6. The van der Waals surface area contributed by atoms with Crippen molar-refractivity contribution < 1.29 is 0 Å². The van der Waals surface area contributed by atoms with Gasteiger partial charge in [-0.2, -0.15) is 5.10 Å². The molecule has 3 aromatic rings. The van der Waals surface area contributed by atoms with Crippen molar-refractivity contribution in [3.63, 3.8) is 0 Å². The van der Waals surface area contributed by atoms with Crippen LogP contribution in [0.5, 0.6) is 0 Å². The van der Waals surface area contributed by atoms with Gasteiger partial charge in [-0.3, -0.25) is 4.68 Å².